The lowest BCUT2D eigenvalue weighted by molar-refractivity contribution is -0.134. The minimum atomic E-state index is -0.175. The highest BCUT2D eigenvalue weighted by atomic mass is 16.5. The molecule has 29 heavy (non-hydrogen) atoms. The van der Waals surface area contributed by atoms with Gasteiger partial charge in [0.05, 0.1) is 7.11 Å². The van der Waals surface area contributed by atoms with Gasteiger partial charge in [-0.15, -0.1) is 0 Å². The summed E-state index contributed by atoms with van der Waals surface area (Å²) in [6.45, 7) is 4.47. The van der Waals surface area contributed by atoms with Crippen molar-refractivity contribution in [1.29, 1.82) is 0 Å². The van der Waals surface area contributed by atoms with Gasteiger partial charge in [-0.3, -0.25) is 14.7 Å². The molecule has 4 rings (SSSR count). The standard InChI is InChI=1S/C22H29N5O2/c1-29-19-4-2-18(3-5-19)20-16-21(25-24-20)22(28)27-14-12-26(13-15-27)11-8-17-6-9-23-10-7-17/h2-7,9-10,20-21,24-25H,8,11-16H2,1H3. The number of carbonyl (C=O) groups is 1. The Morgan fingerprint density at radius 2 is 1.79 bits per heavy atom. The molecular formula is C22H29N5O2. The summed E-state index contributed by atoms with van der Waals surface area (Å²) in [6.07, 6.45) is 5.46. The molecule has 1 aromatic heterocycles. The number of hydrazine groups is 1. The lowest BCUT2D eigenvalue weighted by Crippen LogP contribution is -2.53. The maximum Gasteiger partial charge on any atom is 0.241 e. The minimum absolute atomic E-state index is 0.136. The number of carbonyl (C=O) groups excluding carboxylic acids is 1. The highest BCUT2D eigenvalue weighted by molar-refractivity contribution is 5.82. The van der Waals surface area contributed by atoms with Crippen molar-refractivity contribution in [2.24, 2.45) is 0 Å². The molecule has 0 radical (unpaired) electrons. The van der Waals surface area contributed by atoms with Crippen molar-refractivity contribution in [3.63, 3.8) is 0 Å². The normalized spacial score (nSPS) is 22.6. The first kappa shape index (κ1) is 19.8. The van der Waals surface area contributed by atoms with Crippen LogP contribution < -0.4 is 15.6 Å². The second-order valence-corrected chi connectivity index (χ2v) is 7.68. The zero-order valence-corrected chi connectivity index (χ0v) is 16.9. The Morgan fingerprint density at radius 1 is 1.07 bits per heavy atom. The molecule has 7 heteroatoms. The lowest BCUT2D eigenvalue weighted by Gasteiger charge is -2.35. The van der Waals surface area contributed by atoms with E-state index in [4.69, 9.17) is 4.74 Å². The van der Waals surface area contributed by atoms with Crippen LogP contribution in [0.1, 0.15) is 23.6 Å². The van der Waals surface area contributed by atoms with Crippen LogP contribution in [0, 0.1) is 0 Å². The number of nitrogens with zero attached hydrogens (tertiary/aromatic N) is 3. The van der Waals surface area contributed by atoms with E-state index in [0.29, 0.717) is 0 Å². The first-order valence-electron chi connectivity index (χ1n) is 10.3. The number of methoxy groups -OCH3 is 1. The van der Waals surface area contributed by atoms with E-state index in [0.717, 1.165) is 56.9 Å². The summed E-state index contributed by atoms with van der Waals surface area (Å²) in [5.41, 5.74) is 8.94. The average Bonchev–Trinajstić information content (AvgIpc) is 3.29. The molecule has 1 amide bonds. The number of ether oxygens (including phenoxy) is 1. The fourth-order valence-electron chi connectivity index (χ4n) is 4.02. The number of pyridine rings is 1. The van der Waals surface area contributed by atoms with E-state index in [2.05, 4.69) is 32.9 Å². The molecule has 2 atom stereocenters. The van der Waals surface area contributed by atoms with Crippen LogP contribution in [0.25, 0.3) is 0 Å². The molecule has 2 aliphatic rings. The van der Waals surface area contributed by atoms with Crippen molar-refractivity contribution in [2.45, 2.75) is 24.9 Å². The quantitative estimate of drug-likeness (QED) is 0.770. The maximum atomic E-state index is 12.9. The summed E-state index contributed by atoms with van der Waals surface area (Å²) in [6, 6.07) is 12.1. The smallest absolute Gasteiger partial charge is 0.241 e. The highest BCUT2D eigenvalue weighted by Crippen LogP contribution is 2.25. The summed E-state index contributed by atoms with van der Waals surface area (Å²) < 4.78 is 5.22. The van der Waals surface area contributed by atoms with Gasteiger partial charge >= 0.3 is 0 Å². The second-order valence-electron chi connectivity index (χ2n) is 7.68. The van der Waals surface area contributed by atoms with Crippen molar-refractivity contribution < 1.29 is 9.53 Å². The molecule has 2 N–H and O–H groups in total. The van der Waals surface area contributed by atoms with Crippen LogP contribution in [0.4, 0.5) is 0 Å². The summed E-state index contributed by atoms with van der Waals surface area (Å²) in [7, 11) is 1.66. The SMILES string of the molecule is COc1ccc(C2CC(C(=O)N3CCN(CCc4ccncc4)CC3)NN2)cc1. The van der Waals surface area contributed by atoms with E-state index in [-0.39, 0.29) is 18.0 Å². The Balaban J connectivity index is 1.23. The molecule has 7 nitrogen and oxygen atoms in total. The van der Waals surface area contributed by atoms with Gasteiger partial charge in [0, 0.05) is 51.2 Å². The van der Waals surface area contributed by atoms with Crippen molar-refractivity contribution in [3.05, 3.63) is 59.9 Å². The highest BCUT2D eigenvalue weighted by Gasteiger charge is 2.34. The number of amides is 1. The Bertz CT molecular complexity index is 791. The number of piperazine rings is 1. The molecule has 3 heterocycles. The van der Waals surface area contributed by atoms with E-state index < -0.39 is 0 Å². The molecular weight excluding hydrogens is 366 g/mol. The third-order valence-corrected chi connectivity index (χ3v) is 5.87. The number of benzene rings is 1. The molecule has 2 unspecified atom stereocenters. The van der Waals surface area contributed by atoms with Gasteiger partial charge in [-0.25, -0.2) is 10.9 Å². The number of hydrogen-bond donors (Lipinski definition) is 2. The Kier molecular flexibility index (Phi) is 6.39. The first-order valence-corrected chi connectivity index (χ1v) is 10.3. The van der Waals surface area contributed by atoms with Crippen molar-refractivity contribution in [3.8, 4) is 5.75 Å². The van der Waals surface area contributed by atoms with Gasteiger partial charge in [0.15, 0.2) is 0 Å². The number of aromatic nitrogens is 1. The molecule has 1 aromatic carbocycles. The number of nitrogens with one attached hydrogen (secondary N) is 2. The van der Waals surface area contributed by atoms with Crippen LogP contribution in [0.3, 0.4) is 0 Å². The Morgan fingerprint density at radius 3 is 2.48 bits per heavy atom. The molecule has 0 saturated carbocycles. The van der Waals surface area contributed by atoms with Crippen molar-refractivity contribution >= 4 is 5.91 Å². The summed E-state index contributed by atoms with van der Waals surface area (Å²) in [5, 5.41) is 0. The maximum absolute atomic E-state index is 12.9. The summed E-state index contributed by atoms with van der Waals surface area (Å²) >= 11 is 0. The number of rotatable bonds is 6. The molecule has 2 saturated heterocycles. The third kappa shape index (κ3) is 4.93. The van der Waals surface area contributed by atoms with E-state index >= 15 is 0 Å². The fraction of sp³-hybridized carbons (Fsp3) is 0.455. The molecule has 0 bridgehead atoms. The van der Waals surface area contributed by atoms with Gasteiger partial charge in [-0.05, 0) is 48.2 Å². The molecule has 2 aromatic rings. The molecule has 2 aliphatic heterocycles. The van der Waals surface area contributed by atoms with Crippen LogP contribution in [-0.4, -0.2) is 66.6 Å². The fourth-order valence-corrected chi connectivity index (χ4v) is 4.02. The van der Waals surface area contributed by atoms with Gasteiger partial charge in [0.25, 0.3) is 0 Å². The van der Waals surface area contributed by atoms with Crippen LogP contribution in [0.15, 0.2) is 48.8 Å². The van der Waals surface area contributed by atoms with Gasteiger partial charge in [0.2, 0.25) is 5.91 Å². The topological polar surface area (TPSA) is 69.7 Å². The second kappa shape index (κ2) is 9.35. The van der Waals surface area contributed by atoms with Crippen LogP contribution in [-0.2, 0) is 11.2 Å². The van der Waals surface area contributed by atoms with E-state index in [1.807, 2.05) is 41.6 Å². The van der Waals surface area contributed by atoms with E-state index in [9.17, 15) is 4.79 Å². The van der Waals surface area contributed by atoms with Gasteiger partial charge in [-0.2, -0.15) is 0 Å². The van der Waals surface area contributed by atoms with E-state index in [1.54, 1.807) is 7.11 Å². The Labute approximate surface area is 172 Å². The van der Waals surface area contributed by atoms with Crippen molar-refractivity contribution in [1.82, 2.24) is 25.6 Å². The monoisotopic (exact) mass is 395 g/mol. The third-order valence-electron chi connectivity index (χ3n) is 5.87. The summed E-state index contributed by atoms with van der Waals surface area (Å²) in [5.74, 6) is 1.04. The zero-order valence-electron chi connectivity index (χ0n) is 16.9. The first-order chi connectivity index (χ1) is 14.2. The average molecular weight is 396 g/mol. The van der Waals surface area contributed by atoms with Gasteiger partial charge in [-0.1, -0.05) is 12.1 Å². The Hall–Kier alpha value is -2.48. The molecule has 0 spiro atoms. The molecule has 0 aliphatic carbocycles. The number of hydrogen-bond acceptors (Lipinski definition) is 6. The predicted molar refractivity (Wildman–Crippen MR) is 111 cm³/mol. The molecule has 2 fully saturated rings. The predicted octanol–water partition coefficient (Wildman–Crippen LogP) is 1.38. The molecule has 154 valence electrons. The minimum Gasteiger partial charge on any atom is -0.497 e. The van der Waals surface area contributed by atoms with Gasteiger partial charge < -0.3 is 9.64 Å². The lowest BCUT2D eigenvalue weighted by atomic mass is 10.0. The summed E-state index contributed by atoms with van der Waals surface area (Å²) in [4.78, 5) is 21.4. The largest absolute Gasteiger partial charge is 0.497 e. The van der Waals surface area contributed by atoms with Crippen molar-refractivity contribution in [2.75, 3.05) is 39.8 Å². The van der Waals surface area contributed by atoms with Crippen LogP contribution >= 0.6 is 0 Å². The van der Waals surface area contributed by atoms with E-state index in [1.165, 1.54) is 5.56 Å². The van der Waals surface area contributed by atoms with Crippen LogP contribution in [0.5, 0.6) is 5.75 Å². The zero-order chi connectivity index (χ0) is 20.1. The van der Waals surface area contributed by atoms with Crippen LogP contribution in [0.2, 0.25) is 0 Å². The van der Waals surface area contributed by atoms with Gasteiger partial charge in [0.1, 0.15) is 11.8 Å².